The first-order chi connectivity index (χ1) is 19.6. The van der Waals surface area contributed by atoms with Gasteiger partial charge in [0.1, 0.15) is 23.8 Å². The fraction of sp³-hybridized carbons (Fsp3) is 0.276. The largest absolute Gasteiger partial charge is 0.466 e. The molecule has 0 fully saturated rings. The van der Waals surface area contributed by atoms with Gasteiger partial charge in [0.05, 0.1) is 25.7 Å². The van der Waals surface area contributed by atoms with Gasteiger partial charge in [-0.1, -0.05) is 67.4 Å². The highest BCUT2D eigenvalue weighted by Crippen LogP contribution is 2.32. The number of benzene rings is 2. The van der Waals surface area contributed by atoms with Crippen molar-refractivity contribution in [3.63, 3.8) is 0 Å². The van der Waals surface area contributed by atoms with Crippen molar-refractivity contribution in [1.82, 2.24) is 30.2 Å². The summed E-state index contributed by atoms with van der Waals surface area (Å²) in [5, 5.41) is 15.0. The summed E-state index contributed by atoms with van der Waals surface area (Å²) in [5.41, 5.74) is 5.07. The lowest BCUT2D eigenvalue weighted by atomic mass is 9.97. The van der Waals surface area contributed by atoms with E-state index in [9.17, 15) is 4.79 Å². The number of hydrogen-bond donors (Lipinski definition) is 1. The van der Waals surface area contributed by atoms with Gasteiger partial charge in [-0.15, -0.1) is 5.10 Å². The number of aryl methyl sites for hydroxylation is 1. The van der Waals surface area contributed by atoms with Crippen molar-refractivity contribution >= 4 is 17.6 Å². The number of esters is 1. The Hall–Kier alpha value is -4.28. The third-order valence-corrected chi connectivity index (χ3v) is 6.89. The molecular formula is C29H29ClN6O4. The first kappa shape index (κ1) is 27.3. The number of carbonyl (C=O) groups is 1. The molecule has 0 atom stereocenters. The molecule has 0 spiro atoms. The number of furan rings is 1. The van der Waals surface area contributed by atoms with Crippen LogP contribution in [0.25, 0.3) is 22.5 Å². The molecule has 0 saturated heterocycles. The number of halogens is 1. The maximum Gasteiger partial charge on any atom is 0.341 e. The van der Waals surface area contributed by atoms with E-state index >= 15 is 0 Å². The Morgan fingerprint density at radius 3 is 2.70 bits per heavy atom. The Labute approximate surface area is 236 Å². The highest BCUT2D eigenvalue weighted by molar-refractivity contribution is 6.30. The van der Waals surface area contributed by atoms with Gasteiger partial charge in [-0.05, 0) is 45.7 Å². The van der Waals surface area contributed by atoms with Gasteiger partial charge in [-0.25, -0.2) is 14.9 Å². The minimum Gasteiger partial charge on any atom is -0.466 e. The lowest BCUT2D eigenvalue weighted by Crippen LogP contribution is -2.11. The highest BCUT2D eigenvalue weighted by atomic mass is 35.5. The number of tetrazole rings is 1. The lowest BCUT2D eigenvalue weighted by molar-refractivity contribution is 0.0578. The van der Waals surface area contributed by atoms with E-state index in [1.807, 2.05) is 18.2 Å². The zero-order chi connectivity index (χ0) is 27.9. The summed E-state index contributed by atoms with van der Waals surface area (Å²) in [5.74, 6) is 1.38. The molecule has 10 nitrogen and oxygen atoms in total. The van der Waals surface area contributed by atoms with Crippen LogP contribution in [0.4, 0.5) is 0 Å². The molecule has 0 radical (unpaired) electrons. The van der Waals surface area contributed by atoms with Crippen LogP contribution in [0.2, 0.25) is 5.15 Å². The van der Waals surface area contributed by atoms with Crippen LogP contribution in [0, 0.1) is 0 Å². The molecule has 0 saturated carbocycles. The van der Waals surface area contributed by atoms with E-state index in [1.54, 1.807) is 6.07 Å². The van der Waals surface area contributed by atoms with Gasteiger partial charge in [0.25, 0.3) is 0 Å². The van der Waals surface area contributed by atoms with Crippen molar-refractivity contribution in [3.8, 4) is 22.5 Å². The summed E-state index contributed by atoms with van der Waals surface area (Å²) in [6.07, 6.45) is 4.22. The fourth-order valence-corrected chi connectivity index (χ4v) is 4.80. The molecule has 0 bridgehead atoms. The van der Waals surface area contributed by atoms with Gasteiger partial charge in [0.15, 0.2) is 11.0 Å². The molecule has 0 aliphatic carbocycles. The number of unbranched alkanes of at least 4 members (excludes halogenated alkanes) is 1. The Morgan fingerprint density at radius 1 is 1.10 bits per heavy atom. The van der Waals surface area contributed by atoms with E-state index in [-0.39, 0.29) is 13.2 Å². The second kappa shape index (κ2) is 12.7. The number of imidazole rings is 1. The molecule has 206 valence electrons. The SMILES string of the molecule is CCCCc1nc(Cl)c(COCc2occc2C(=O)OC)n1Cc1ccc(-c2ccccc2)c(-c2nnn[nH]2)c1. The number of aromatic nitrogens is 6. The van der Waals surface area contributed by atoms with E-state index in [0.717, 1.165) is 53.0 Å². The second-order valence-corrected chi connectivity index (χ2v) is 9.55. The van der Waals surface area contributed by atoms with Crippen molar-refractivity contribution in [1.29, 1.82) is 0 Å². The van der Waals surface area contributed by atoms with E-state index < -0.39 is 5.97 Å². The summed E-state index contributed by atoms with van der Waals surface area (Å²) < 4.78 is 18.3. The average molecular weight is 561 g/mol. The van der Waals surface area contributed by atoms with Crippen molar-refractivity contribution < 1.29 is 18.7 Å². The zero-order valence-corrected chi connectivity index (χ0v) is 23.0. The molecule has 0 amide bonds. The summed E-state index contributed by atoms with van der Waals surface area (Å²) in [7, 11) is 1.33. The normalized spacial score (nSPS) is 11.2. The predicted molar refractivity (Wildman–Crippen MR) is 149 cm³/mol. The number of H-pyrrole nitrogens is 1. The minimum atomic E-state index is -0.478. The van der Waals surface area contributed by atoms with E-state index in [0.29, 0.717) is 28.8 Å². The minimum absolute atomic E-state index is 0.0810. The van der Waals surface area contributed by atoms with Crippen LogP contribution >= 0.6 is 11.6 Å². The van der Waals surface area contributed by atoms with E-state index in [4.69, 9.17) is 25.5 Å². The molecule has 5 rings (SSSR count). The fourth-order valence-electron chi connectivity index (χ4n) is 4.55. The van der Waals surface area contributed by atoms with Gasteiger partial charge >= 0.3 is 5.97 Å². The molecule has 3 heterocycles. The third kappa shape index (κ3) is 5.98. The predicted octanol–water partition coefficient (Wildman–Crippen LogP) is 5.87. The van der Waals surface area contributed by atoms with Gasteiger partial charge < -0.3 is 18.5 Å². The Kier molecular flexibility index (Phi) is 8.68. The standard InChI is InChI=1S/C29H29ClN6O4/c1-3-4-10-26-31-27(30)24(17-39-18-25-22(13-14-40-25)29(37)38-2)36(26)16-19-11-12-21(20-8-6-5-7-9-20)23(15-19)28-32-34-35-33-28/h5-9,11-15H,3-4,10,16-18H2,1-2H3,(H,32,33,34,35). The van der Waals surface area contributed by atoms with Gasteiger partial charge in [0.2, 0.25) is 0 Å². The maximum atomic E-state index is 12.0. The molecule has 3 aromatic heterocycles. The molecule has 5 aromatic rings. The number of ether oxygens (including phenoxy) is 2. The van der Waals surface area contributed by atoms with Gasteiger partial charge in [0, 0.05) is 18.5 Å². The number of aromatic amines is 1. The molecular weight excluding hydrogens is 532 g/mol. The monoisotopic (exact) mass is 560 g/mol. The number of nitrogens with one attached hydrogen (secondary N) is 1. The summed E-state index contributed by atoms with van der Waals surface area (Å²) in [6.45, 7) is 2.92. The second-order valence-electron chi connectivity index (χ2n) is 9.19. The van der Waals surface area contributed by atoms with Crippen molar-refractivity contribution in [2.75, 3.05) is 7.11 Å². The molecule has 0 aliphatic rings. The topological polar surface area (TPSA) is 121 Å². The summed E-state index contributed by atoms with van der Waals surface area (Å²) in [6, 6.07) is 17.9. The van der Waals surface area contributed by atoms with Crippen LogP contribution < -0.4 is 0 Å². The number of hydrogen-bond acceptors (Lipinski definition) is 8. The Morgan fingerprint density at radius 2 is 1.95 bits per heavy atom. The number of nitrogens with zero attached hydrogens (tertiary/aromatic N) is 5. The quantitative estimate of drug-likeness (QED) is 0.188. The van der Waals surface area contributed by atoms with Crippen LogP contribution in [0.3, 0.4) is 0 Å². The zero-order valence-electron chi connectivity index (χ0n) is 22.3. The molecule has 0 unspecified atom stereocenters. The molecule has 11 heteroatoms. The van der Waals surface area contributed by atoms with Crippen LogP contribution in [-0.4, -0.2) is 43.3 Å². The average Bonchev–Trinajstić information content (AvgIpc) is 3.74. The van der Waals surface area contributed by atoms with Crippen LogP contribution in [-0.2, 0) is 35.7 Å². The lowest BCUT2D eigenvalue weighted by Gasteiger charge is -2.15. The van der Waals surface area contributed by atoms with Crippen molar-refractivity contribution in [2.24, 2.45) is 0 Å². The summed E-state index contributed by atoms with van der Waals surface area (Å²) >= 11 is 6.64. The first-order valence-electron chi connectivity index (χ1n) is 13.0. The van der Waals surface area contributed by atoms with Gasteiger partial charge in [-0.3, -0.25) is 0 Å². The van der Waals surface area contributed by atoms with E-state index in [1.165, 1.54) is 13.4 Å². The highest BCUT2D eigenvalue weighted by Gasteiger charge is 2.20. The number of methoxy groups -OCH3 is 1. The Bertz CT molecular complexity index is 1560. The van der Waals surface area contributed by atoms with Crippen LogP contribution in [0.15, 0.2) is 65.3 Å². The third-order valence-electron chi connectivity index (χ3n) is 6.59. The first-order valence-corrected chi connectivity index (χ1v) is 13.4. The maximum absolute atomic E-state index is 12.0. The molecule has 1 N–H and O–H groups in total. The number of carbonyl (C=O) groups excluding carboxylic acids is 1. The molecule has 40 heavy (non-hydrogen) atoms. The van der Waals surface area contributed by atoms with Crippen molar-refractivity contribution in [3.05, 3.63) is 94.4 Å². The Balaban J connectivity index is 1.44. The van der Waals surface area contributed by atoms with Crippen molar-refractivity contribution in [2.45, 2.75) is 45.9 Å². The van der Waals surface area contributed by atoms with Crippen LogP contribution in [0.5, 0.6) is 0 Å². The van der Waals surface area contributed by atoms with E-state index in [2.05, 4.69) is 67.4 Å². The summed E-state index contributed by atoms with van der Waals surface area (Å²) in [4.78, 5) is 16.7. The van der Waals surface area contributed by atoms with Crippen LogP contribution in [0.1, 0.15) is 53.0 Å². The number of rotatable bonds is 12. The molecule has 2 aromatic carbocycles. The van der Waals surface area contributed by atoms with Gasteiger partial charge in [-0.2, -0.15) is 0 Å². The smallest absolute Gasteiger partial charge is 0.341 e. The molecule has 0 aliphatic heterocycles.